The summed E-state index contributed by atoms with van der Waals surface area (Å²) in [6.45, 7) is 1.96. The molecule has 4 heteroatoms. The van der Waals surface area contributed by atoms with E-state index >= 15 is 0 Å². The number of aliphatic hydroxyl groups is 1. The maximum atomic E-state index is 12.6. The molecule has 2 aliphatic rings. The summed E-state index contributed by atoms with van der Waals surface area (Å²) in [6, 6.07) is 16.7. The van der Waals surface area contributed by atoms with Crippen LogP contribution in [0.5, 0.6) is 0 Å². The average molecular weight is 351 g/mol. The minimum atomic E-state index is -0.231. The third-order valence-corrected chi connectivity index (χ3v) is 5.70. The zero-order valence-corrected chi connectivity index (χ0v) is 14.9. The van der Waals surface area contributed by atoms with E-state index in [0.717, 1.165) is 19.3 Å². The molecule has 4 nitrogen and oxygen atoms in total. The van der Waals surface area contributed by atoms with Crippen LogP contribution in [0.2, 0.25) is 0 Å². The Labute approximate surface area is 154 Å². The molecule has 0 bridgehead atoms. The molecule has 0 aromatic heterocycles. The zero-order valence-electron chi connectivity index (χ0n) is 14.9. The van der Waals surface area contributed by atoms with Gasteiger partial charge in [0.1, 0.15) is 6.61 Å². The van der Waals surface area contributed by atoms with Crippen molar-refractivity contribution in [3.8, 4) is 11.1 Å². The lowest BCUT2D eigenvalue weighted by molar-refractivity contribution is 0.1000. The van der Waals surface area contributed by atoms with Crippen LogP contribution in [0.4, 0.5) is 4.79 Å². The Morgan fingerprint density at radius 3 is 2.31 bits per heavy atom. The molecule has 0 spiro atoms. The Morgan fingerprint density at radius 1 is 1.00 bits per heavy atom. The molecule has 1 atom stereocenters. The van der Waals surface area contributed by atoms with Gasteiger partial charge < -0.3 is 14.7 Å². The molecule has 1 fully saturated rings. The lowest BCUT2D eigenvalue weighted by atomic mass is 9.98. The fraction of sp³-hybridized carbons (Fsp3) is 0.409. The van der Waals surface area contributed by atoms with E-state index in [9.17, 15) is 9.90 Å². The number of rotatable bonds is 3. The van der Waals surface area contributed by atoms with Crippen LogP contribution in [-0.4, -0.2) is 42.4 Å². The number of aliphatic hydroxyl groups excluding tert-OH is 1. The van der Waals surface area contributed by atoms with Gasteiger partial charge in [-0.3, -0.25) is 0 Å². The van der Waals surface area contributed by atoms with E-state index < -0.39 is 0 Å². The van der Waals surface area contributed by atoms with Crippen LogP contribution in [0.25, 0.3) is 11.1 Å². The highest BCUT2D eigenvalue weighted by molar-refractivity contribution is 5.79. The molecule has 1 aliphatic heterocycles. The summed E-state index contributed by atoms with van der Waals surface area (Å²) in [7, 11) is 0. The van der Waals surface area contributed by atoms with Crippen LogP contribution in [0.3, 0.4) is 0 Å². The molecule has 1 N–H and O–H groups in total. The highest BCUT2D eigenvalue weighted by atomic mass is 16.6. The predicted octanol–water partition coefficient (Wildman–Crippen LogP) is 4.03. The van der Waals surface area contributed by atoms with Crippen LogP contribution in [-0.2, 0) is 4.74 Å². The van der Waals surface area contributed by atoms with E-state index in [4.69, 9.17) is 4.74 Å². The fourth-order valence-corrected chi connectivity index (χ4v) is 4.22. The average Bonchev–Trinajstić information content (AvgIpc) is 2.83. The van der Waals surface area contributed by atoms with Crippen molar-refractivity contribution in [1.29, 1.82) is 0 Å². The van der Waals surface area contributed by atoms with Gasteiger partial charge >= 0.3 is 6.09 Å². The number of benzene rings is 2. The number of hydrogen-bond donors (Lipinski definition) is 1. The van der Waals surface area contributed by atoms with Crippen molar-refractivity contribution in [2.45, 2.75) is 25.2 Å². The smallest absolute Gasteiger partial charge is 0.409 e. The SMILES string of the molecule is O=C(OCC1c2ccccc2-c2ccccc21)N1CCCC(CO)CC1. The van der Waals surface area contributed by atoms with E-state index in [1.165, 1.54) is 22.3 Å². The normalized spacial score (nSPS) is 19.6. The van der Waals surface area contributed by atoms with Crippen molar-refractivity contribution in [3.63, 3.8) is 0 Å². The first-order valence-electron chi connectivity index (χ1n) is 9.48. The number of likely N-dealkylation sites (tertiary alicyclic amines) is 1. The van der Waals surface area contributed by atoms with Gasteiger partial charge in [-0.1, -0.05) is 48.5 Å². The minimum absolute atomic E-state index is 0.100. The second-order valence-corrected chi connectivity index (χ2v) is 7.27. The predicted molar refractivity (Wildman–Crippen MR) is 101 cm³/mol. The Bertz CT molecular complexity index is 743. The Balaban J connectivity index is 1.45. The van der Waals surface area contributed by atoms with E-state index in [2.05, 4.69) is 36.4 Å². The number of carbonyl (C=O) groups is 1. The largest absolute Gasteiger partial charge is 0.448 e. The lowest BCUT2D eigenvalue weighted by Gasteiger charge is -2.22. The molecule has 136 valence electrons. The molecule has 0 radical (unpaired) electrons. The maximum absolute atomic E-state index is 12.6. The van der Waals surface area contributed by atoms with Gasteiger partial charge in [-0.2, -0.15) is 0 Å². The van der Waals surface area contributed by atoms with Gasteiger partial charge in [0.2, 0.25) is 0 Å². The van der Waals surface area contributed by atoms with Crippen molar-refractivity contribution in [2.75, 3.05) is 26.3 Å². The summed E-state index contributed by atoms with van der Waals surface area (Å²) < 4.78 is 5.73. The first-order chi connectivity index (χ1) is 12.8. The topological polar surface area (TPSA) is 49.8 Å². The summed E-state index contributed by atoms with van der Waals surface area (Å²) >= 11 is 0. The molecule has 4 rings (SSSR count). The van der Waals surface area contributed by atoms with Crippen LogP contribution < -0.4 is 0 Å². The zero-order chi connectivity index (χ0) is 17.9. The van der Waals surface area contributed by atoms with Crippen molar-refractivity contribution < 1.29 is 14.6 Å². The number of fused-ring (bicyclic) bond motifs is 3. The monoisotopic (exact) mass is 351 g/mol. The van der Waals surface area contributed by atoms with Gasteiger partial charge in [-0.25, -0.2) is 4.79 Å². The third-order valence-electron chi connectivity index (χ3n) is 5.70. The summed E-state index contributed by atoms with van der Waals surface area (Å²) in [5.41, 5.74) is 4.95. The van der Waals surface area contributed by atoms with Gasteiger partial charge in [0.15, 0.2) is 0 Å². The number of hydrogen-bond acceptors (Lipinski definition) is 3. The fourth-order valence-electron chi connectivity index (χ4n) is 4.22. The van der Waals surface area contributed by atoms with Crippen molar-refractivity contribution in [3.05, 3.63) is 59.7 Å². The first-order valence-corrected chi connectivity index (χ1v) is 9.48. The van der Waals surface area contributed by atoms with Crippen molar-refractivity contribution in [1.82, 2.24) is 4.90 Å². The maximum Gasteiger partial charge on any atom is 0.409 e. The highest BCUT2D eigenvalue weighted by Crippen LogP contribution is 2.44. The van der Waals surface area contributed by atoms with E-state index in [-0.39, 0.29) is 18.6 Å². The number of carbonyl (C=O) groups excluding carboxylic acids is 1. The number of amides is 1. The third kappa shape index (κ3) is 3.21. The Morgan fingerprint density at radius 2 is 1.65 bits per heavy atom. The summed E-state index contributed by atoms with van der Waals surface area (Å²) in [6.07, 6.45) is 2.52. The van der Waals surface area contributed by atoms with Gasteiger partial charge in [-0.15, -0.1) is 0 Å². The number of nitrogens with zero attached hydrogens (tertiary/aromatic N) is 1. The molecule has 1 saturated heterocycles. The van der Waals surface area contributed by atoms with Crippen molar-refractivity contribution >= 4 is 6.09 Å². The molecule has 26 heavy (non-hydrogen) atoms. The lowest BCUT2D eigenvalue weighted by Crippen LogP contribution is -2.33. The summed E-state index contributed by atoms with van der Waals surface area (Å²) in [4.78, 5) is 14.4. The summed E-state index contributed by atoms with van der Waals surface area (Å²) in [5.74, 6) is 0.407. The molecular formula is C22H25NO3. The van der Waals surface area contributed by atoms with E-state index in [1.807, 2.05) is 12.1 Å². The van der Waals surface area contributed by atoms with Crippen LogP contribution in [0.15, 0.2) is 48.5 Å². The molecule has 1 heterocycles. The van der Waals surface area contributed by atoms with Gasteiger partial charge in [-0.05, 0) is 47.4 Å². The quantitative estimate of drug-likeness (QED) is 0.908. The molecule has 0 saturated carbocycles. The van der Waals surface area contributed by atoms with Gasteiger partial charge in [0.25, 0.3) is 0 Å². The summed E-state index contributed by atoms with van der Waals surface area (Å²) in [5, 5.41) is 9.34. The molecular weight excluding hydrogens is 326 g/mol. The van der Waals surface area contributed by atoms with Crippen molar-refractivity contribution in [2.24, 2.45) is 5.92 Å². The van der Waals surface area contributed by atoms with E-state index in [0.29, 0.717) is 25.6 Å². The molecule has 1 amide bonds. The minimum Gasteiger partial charge on any atom is -0.448 e. The Hall–Kier alpha value is -2.33. The first kappa shape index (κ1) is 17.1. The van der Waals surface area contributed by atoms with Gasteiger partial charge in [0.05, 0.1) is 0 Å². The molecule has 2 aromatic carbocycles. The molecule has 2 aromatic rings. The second-order valence-electron chi connectivity index (χ2n) is 7.27. The highest BCUT2D eigenvalue weighted by Gasteiger charge is 2.30. The number of ether oxygens (including phenoxy) is 1. The van der Waals surface area contributed by atoms with Crippen LogP contribution in [0.1, 0.15) is 36.3 Å². The second kappa shape index (κ2) is 7.50. The molecule has 1 unspecified atom stereocenters. The van der Waals surface area contributed by atoms with Crippen LogP contribution >= 0.6 is 0 Å². The van der Waals surface area contributed by atoms with E-state index in [1.54, 1.807) is 4.90 Å². The standard InChI is InChI=1S/C22H25NO3/c24-14-16-6-5-12-23(13-11-16)22(25)26-15-21-19-9-3-1-7-17(19)18-8-2-4-10-20(18)21/h1-4,7-10,16,21,24H,5-6,11-15H2. The van der Waals surface area contributed by atoms with Gasteiger partial charge in [0, 0.05) is 25.6 Å². The Kier molecular flexibility index (Phi) is 4.93. The molecule has 1 aliphatic carbocycles. The van der Waals surface area contributed by atoms with Crippen LogP contribution in [0, 0.1) is 5.92 Å².